The molecule has 0 bridgehead atoms. The van der Waals surface area contributed by atoms with Crippen LogP contribution in [0.1, 0.15) is 33.6 Å². The van der Waals surface area contributed by atoms with Crippen LogP contribution in [0.15, 0.2) is 23.1 Å². The molecular weight excluding hydrogens is 429 g/mol. The topological polar surface area (TPSA) is 105 Å². The van der Waals surface area contributed by atoms with E-state index in [0.29, 0.717) is 19.4 Å². The molecule has 172 valence electrons. The van der Waals surface area contributed by atoms with Gasteiger partial charge in [0.1, 0.15) is 22.4 Å². The Bertz CT molecular complexity index is 941. The van der Waals surface area contributed by atoms with Gasteiger partial charge in [0.15, 0.2) is 0 Å². The first-order chi connectivity index (χ1) is 14.5. The summed E-state index contributed by atoms with van der Waals surface area (Å²) in [6.45, 7) is 6.34. The quantitative estimate of drug-likeness (QED) is 0.743. The molecule has 0 saturated carbocycles. The number of benzene rings is 1. The van der Waals surface area contributed by atoms with Gasteiger partial charge in [-0.3, -0.25) is 9.69 Å². The Morgan fingerprint density at radius 2 is 1.87 bits per heavy atom. The van der Waals surface area contributed by atoms with Gasteiger partial charge in [0.2, 0.25) is 15.9 Å². The van der Waals surface area contributed by atoms with E-state index in [2.05, 4.69) is 5.32 Å². The number of nitrogens with one attached hydrogen (secondary N) is 1. The number of nitrogens with zero attached hydrogens (tertiary/aromatic N) is 2. The van der Waals surface area contributed by atoms with Crippen LogP contribution in [-0.2, 0) is 24.3 Å². The van der Waals surface area contributed by atoms with E-state index in [0.717, 1.165) is 16.4 Å². The average Bonchev–Trinajstić information content (AvgIpc) is 3.19. The molecule has 11 heteroatoms. The van der Waals surface area contributed by atoms with Crippen LogP contribution >= 0.6 is 0 Å². The van der Waals surface area contributed by atoms with Crippen LogP contribution in [0.25, 0.3) is 0 Å². The minimum Gasteiger partial charge on any atom is -0.444 e. The summed E-state index contributed by atoms with van der Waals surface area (Å²) in [6, 6.07) is 2.64. The van der Waals surface area contributed by atoms with Crippen LogP contribution in [0.2, 0.25) is 0 Å². The molecule has 2 aliphatic heterocycles. The number of hydrogen-bond donors (Lipinski definition) is 1. The van der Waals surface area contributed by atoms with E-state index >= 15 is 0 Å². The number of carbonyl (C=O) groups excluding carboxylic acids is 2. The number of ether oxygens (including phenoxy) is 2. The summed E-state index contributed by atoms with van der Waals surface area (Å²) in [6.07, 6.45) is 0.502. The summed E-state index contributed by atoms with van der Waals surface area (Å²) in [5, 5.41) is 2.61. The van der Waals surface area contributed by atoms with Crippen molar-refractivity contribution in [1.29, 1.82) is 0 Å². The van der Waals surface area contributed by atoms with E-state index in [1.54, 1.807) is 20.8 Å². The van der Waals surface area contributed by atoms with Crippen LogP contribution < -0.4 is 5.32 Å². The smallest absolute Gasteiger partial charge is 0.410 e. The number of hydrogen-bond acceptors (Lipinski definition) is 6. The van der Waals surface area contributed by atoms with Crippen molar-refractivity contribution in [2.75, 3.05) is 38.2 Å². The van der Waals surface area contributed by atoms with Crippen molar-refractivity contribution >= 4 is 27.7 Å². The second-order valence-corrected chi connectivity index (χ2v) is 10.4. The number of halogens is 1. The van der Waals surface area contributed by atoms with E-state index < -0.39 is 44.4 Å². The summed E-state index contributed by atoms with van der Waals surface area (Å²) in [5.41, 5.74) is -0.560. The lowest BCUT2D eigenvalue weighted by Crippen LogP contribution is -2.45. The summed E-state index contributed by atoms with van der Waals surface area (Å²) < 4.78 is 51.7. The molecule has 0 unspecified atom stereocenters. The van der Waals surface area contributed by atoms with Crippen molar-refractivity contribution in [2.45, 2.75) is 50.2 Å². The van der Waals surface area contributed by atoms with Gasteiger partial charge in [-0.15, -0.1) is 0 Å². The molecule has 2 aliphatic rings. The highest BCUT2D eigenvalue weighted by Crippen LogP contribution is 2.26. The van der Waals surface area contributed by atoms with E-state index in [1.807, 2.05) is 0 Å². The fraction of sp³-hybridized carbons (Fsp3) is 0.600. The fourth-order valence-corrected chi connectivity index (χ4v) is 5.01. The molecule has 1 atom stereocenters. The standard InChI is InChI=1S/C20H28FN3O6S/c1-20(2,3)30-19(26)24-8-4-5-16(24)18(25)22-14-6-7-15(21)17(13-14)31(27,28)23-9-11-29-12-10-23/h6-7,13,16H,4-5,8-12H2,1-3H3,(H,22,25)/t16-/m0/s1. The number of carbonyl (C=O) groups is 2. The summed E-state index contributed by atoms with van der Waals surface area (Å²) in [5.74, 6) is -1.38. The van der Waals surface area contributed by atoms with Crippen molar-refractivity contribution in [3.05, 3.63) is 24.0 Å². The number of amides is 2. The second kappa shape index (κ2) is 9.09. The number of anilines is 1. The third kappa shape index (κ3) is 5.52. The first-order valence-corrected chi connectivity index (χ1v) is 11.6. The van der Waals surface area contributed by atoms with Gasteiger partial charge in [-0.2, -0.15) is 4.31 Å². The zero-order chi connectivity index (χ0) is 22.8. The molecule has 0 radical (unpaired) electrons. The molecule has 2 saturated heterocycles. The molecule has 0 aromatic heterocycles. The van der Waals surface area contributed by atoms with E-state index in [-0.39, 0.29) is 32.0 Å². The predicted octanol–water partition coefficient (Wildman–Crippen LogP) is 2.18. The van der Waals surface area contributed by atoms with E-state index in [4.69, 9.17) is 9.47 Å². The van der Waals surface area contributed by atoms with Crippen molar-refractivity contribution in [3.8, 4) is 0 Å². The fourth-order valence-electron chi connectivity index (χ4n) is 3.51. The minimum absolute atomic E-state index is 0.130. The predicted molar refractivity (Wildman–Crippen MR) is 111 cm³/mol. The number of morpholine rings is 1. The number of sulfonamides is 1. The Morgan fingerprint density at radius 1 is 1.19 bits per heavy atom. The highest BCUT2D eigenvalue weighted by Gasteiger charge is 2.37. The molecule has 2 heterocycles. The normalized spacial score (nSPS) is 20.5. The molecule has 3 rings (SSSR count). The van der Waals surface area contributed by atoms with Gasteiger partial charge in [0.25, 0.3) is 0 Å². The number of likely N-dealkylation sites (tertiary alicyclic amines) is 1. The van der Waals surface area contributed by atoms with Crippen LogP contribution in [-0.4, -0.2) is 74.1 Å². The van der Waals surface area contributed by atoms with Gasteiger partial charge in [-0.25, -0.2) is 17.6 Å². The Kier molecular flexibility index (Phi) is 6.87. The highest BCUT2D eigenvalue weighted by atomic mass is 32.2. The molecule has 1 N–H and O–H groups in total. The molecule has 0 spiro atoms. The van der Waals surface area contributed by atoms with Crippen LogP contribution in [0.3, 0.4) is 0 Å². The maximum Gasteiger partial charge on any atom is 0.410 e. The molecule has 2 fully saturated rings. The minimum atomic E-state index is -4.07. The number of rotatable bonds is 4. The Labute approximate surface area is 181 Å². The summed E-state index contributed by atoms with van der Waals surface area (Å²) in [7, 11) is -4.07. The van der Waals surface area contributed by atoms with Crippen molar-refractivity contribution < 1.29 is 31.9 Å². The van der Waals surface area contributed by atoms with Crippen LogP contribution in [0.4, 0.5) is 14.9 Å². The highest BCUT2D eigenvalue weighted by molar-refractivity contribution is 7.89. The second-order valence-electron chi connectivity index (χ2n) is 8.48. The van der Waals surface area contributed by atoms with E-state index in [9.17, 15) is 22.4 Å². The van der Waals surface area contributed by atoms with Gasteiger partial charge >= 0.3 is 6.09 Å². The summed E-state index contributed by atoms with van der Waals surface area (Å²) in [4.78, 5) is 26.1. The molecule has 1 aromatic carbocycles. The third-order valence-corrected chi connectivity index (χ3v) is 6.88. The van der Waals surface area contributed by atoms with Crippen LogP contribution in [0.5, 0.6) is 0 Å². The van der Waals surface area contributed by atoms with Gasteiger partial charge in [-0.05, 0) is 51.8 Å². The first kappa shape index (κ1) is 23.4. The lowest BCUT2D eigenvalue weighted by atomic mass is 10.2. The van der Waals surface area contributed by atoms with Crippen molar-refractivity contribution in [1.82, 2.24) is 9.21 Å². The lowest BCUT2D eigenvalue weighted by Gasteiger charge is -2.28. The Morgan fingerprint density at radius 3 is 2.52 bits per heavy atom. The molecule has 1 aromatic rings. The van der Waals surface area contributed by atoms with E-state index in [1.165, 1.54) is 11.0 Å². The molecular formula is C20H28FN3O6S. The molecule has 31 heavy (non-hydrogen) atoms. The Hall–Kier alpha value is -2.24. The van der Waals surface area contributed by atoms with Gasteiger partial charge < -0.3 is 14.8 Å². The van der Waals surface area contributed by atoms with Crippen LogP contribution in [0, 0.1) is 5.82 Å². The Balaban J connectivity index is 1.76. The summed E-state index contributed by atoms with van der Waals surface area (Å²) >= 11 is 0. The monoisotopic (exact) mass is 457 g/mol. The largest absolute Gasteiger partial charge is 0.444 e. The average molecular weight is 458 g/mol. The van der Waals surface area contributed by atoms with Crippen molar-refractivity contribution in [3.63, 3.8) is 0 Å². The molecule has 0 aliphatic carbocycles. The zero-order valence-corrected chi connectivity index (χ0v) is 18.7. The maximum absolute atomic E-state index is 14.4. The zero-order valence-electron chi connectivity index (χ0n) is 17.9. The lowest BCUT2D eigenvalue weighted by molar-refractivity contribution is -0.120. The molecule has 2 amide bonds. The van der Waals surface area contributed by atoms with Gasteiger partial charge in [0, 0.05) is 25.3 Å². The third-order valence-electron chi connectivity index (χ3n) is 4.97. The first-order valence-electron chi connectivity index (χ1n) is 10.2. The molecule has 9 nitrogen and oxygen atoms in total. The van der Waals surface area contributed by atoms with Crippen molar-refractivity contribution in [2.24, 2.45) is 0 Å². The van der Waals surface area contributed by atoms with Gasteiger partial charge in [0.05, 0.1) is 13.2 Å². The maximum atomic E-state index is 14.4. The van der Waals surface area contributed by atoms with Gasteiger partial charge in [-0.1, -0.05) is 0 Å². The SMILES string of the molecule is CC(C)(C)OC(=O)N1CCC[C@H]1C(=O)Nc1ccc(F)c(S(=O)(=O)N2CCOCC2)c1.